The zero-order valence-electron chi connectivity index (χ0n) is 9.96. The molecule has 2 aromatic rings. The van der Waals surface area contributed by atoms with Crippen LogP contribution < -0.4 is 0 Å². The monoisotopic (exact) mass is 214 g/mol. The van der Waals surface area contributed by atoms with Gasteiger partial charge in [-0.1, -0.05) is 25.1 Å². The molecule has 0 saturated carbocycles. The Morgan fingerprint density at radius 3 is 3.00 bits per heavy atom. The summed E-state index contributed by atoms with van der Waals surface area (Å²) in [5.41, 5.74) is 4.24. The number of H-pyrrole nitrogens is 1. The van der Waals surface area contributed by atoms with Gasteiger partial charge in [-0.25, -0.2) is 0 Å². The van der Waals surface area contributed by atoms with Gasteiger partial charge in [-0.15, -0.1) is 0 Å². The molecule has 0 aliphatic carbocycles. The third-order valence-corrected chi connectivity index (χ3v) is 3.79. The van der Waals surface area contributed by atoms with Gasteiger partial charge in [0.1, 0.15) is 0 Å². The van der Waals surface area contributed by atoms with Crippen LogP contribution in [0, 0.1) is 0 Å². The lowest BCUT2D eigenvalue weighted by atomic mass is 9.98. The molecule has 0 saturated heterocycles. The molecule has 1 N–H and O–H groups in total. The van der Waals surface area contributed by atoms with Crippen molar-refractivity contribution >= 4 is 10.9 Å². The minimum Gasteiger partial charge on any atom is -0.357 e. The van der Waals surface area contributed by atoms with Gasteiger partial charge in [0.15, 0.2) is 0 Å². The van der Waals surface area contributed by atoms with Crippen LogP contribution in [0.2, 0.25) is 0 Å². The fourth-order valence-electron chi connectivity index (χ4n) is 2.83. The van der Waals surface area contributed by atoms with Crippen molar-refractivity contribution in [2.75, 3.05) is 6.54 Å². The third-order valence-electron chi connectivity index (χ3n) is 3.79. The van der Waals surface area contributed by atoms with Gasteiger partial charge < -0.3 is 4.98 Å². The lowest BCUT2D eigenvalue weighted by molar-refractivity contribution is 0.193. The van der Waals surface area contributed by atoms with E-state index >= 15 is 0 Å². The minimum atomic E-state index is 0.664. The van der Waals surface area contributed by atoms with E-state index in [2.05, 4.69) is 48.0 Å². The molecule has 1 aliphatic heterocycles. The highest BCUT2D eigenvalue weighted by Crippen LogP contribution is 2.29. The van der Waals surface area contributed by atoms with Crippen molar-refractivity contribution in [3.05, 3.63) is 35.5 Å². The van der Waals surface area contributed by atoms with Crippen molar-refractivity contribution in [1.82, 2.24) is 9.88 Å². The normalized spacial score (nSPS) is 21.2. The molecule has 2 heteroatoms. The Labute approximate surface area is 96.3 Å². The molecule has 1 aromatic heterocycles. The van der Waals surface area contributed by atoms with Gasteiger partial charge in [-0.3, -0.25) is 4.90 Å². The second-order valence-electron chi connectivity index (χ2n) is 4.74. The van der Waals surface area contributed by atoms with E-state index in [-0.39, 0.29) is 0 Å². The number of hydrogen-bond donors (Lipinski definition) is 1. The quantitative estimate of drug-likeness (QED) is 0.773. The SMILES string of the molecule is CCN1Cc2[nH]c3ccccc3c2C[C@H]1C. The van der Waals surface area contributed by atoms with Gasteiger partial charge in [0.05, 0.1) is 0 Å². The van der Waals surface area contributed by atoms with Gasteiger partial charge in [0, 0.05) is 29.2 Å². The van der Waals surface area contributed by atoms with Gasteiger partial charge >= 0.3 is 0 Å². The van der Waals surface area contributed by atoms with Crippen LogP contribution in [0.1, 0.15) is 25.1 Å². The summed E-state index contributed by atoms with van der Waals surface area (Å²) in [6, 6.07) is 9.31. The van der Waals surface area contributed by atoms with E-state index in [0.717, 1.165) is 13.1 Å². The van der Waals surface area contributed by atoms with Crippen LogP contribution in [0.3, 0.4) is 0 Å². The molecule has 0 bridgehead atoms. The summed E-state index contributed by atoms with van der Waals surface area (Å²) in [6.07, 6.45) is 1.17. The highest BCUT2D eigenvalue weighted by atomic mass is 15.2. The summed E-state index contributed by atoms with van der Waals surface area (Å²) in [5.74, 6) is 0. The Morgan fingerprint density at radius 1 is 1.38 bits per heavy atom. The lowest BCUT2D eigenvalue weighted by Crippen LogP contribution is -2.37. The number of aromatic nitrogens is 1. The number of rotatable bonds is 1. The molecule has 84 valence electrons. The molecular weight excluding hydrogens is 196 g/mol. The van der Waals surface area contributed by atoms with E-state index in [1.165, 1.54) is 28.6 Å². The van der Waals surface area contributed by atoms with Crippen molar-refractivity contribution in [3.8, 4) is 0 Å². The van der Waals surface area contributed by atoms with Crippen molar-refractivity contribution in [2.45, 2.75) is 32.9 Å². The van der Waals surface area contributed by atoms with Gasteiger partial charge in [-0.05, 0) is 31.5 Å². The van der Waals surface area contributed by atoms with E-state index in [4.69, 9.17) is 0 Å². The molecule has 3 rings (SSSR count). The number of likely N-dealkylation sites (N-methyl/N-ethyl adjacent to an activating group) is 1. The van der Waals surface area contributed by atoms with Gasteiger partial charge in [0.2, 0.25) is 0 Å². The van der Waals surface area contributed by atoms with Crippen molar-refractivity contribution in [2.24, 2.45) is 0 Å². The molecule has 1 atom stereocenters. The van der Waals surface area contributed by atoms with E-state index in [1.54, 1.807) is 0 Å². The molecule has 0 radical (unpaired) electrons. The minimum absolute atomic E-state index is 0.664. The second-order valence-corrected chi connectivity index (χ2v) is 4.74. The number of aromatic amines is 1. The molecule has 2 heterocycles. The number of nitrogens with one attached hydrogen (secondary N) is 1. The van der Waals surface area contributed by atoms with E-state index in [1.807, 2.05) is 0 Å². The number of nitrogens with zero attached hydrogens (tertiary/aromatic N) is 1. The van der Waals surface area contributed by atoms with Crippen LogP contribution in [-0.4, -0.2) is 22.5 Å². The van der Waals surface area contributed by atoms with Crippen molar-refractivity contribution < 1.29 is 0 Å². The highest BCUT2D eigenvalue weighted by molar-refractivity contribution is 5.84. The summed E-state index contributed by atoms with van der Waals surface area (Å²) >= 11 is 0. The standard InChI is InChI=1S/C14H18N2/c1-3-16-9-14-12(8-10(16)2)11-6-4-5-7-13(11)15-14/h4-7,10,15H,3,8-9H2,1-2H3/t10-/m1/s1. The van der Waals surface area contributed by atoms with Crippen molar-refractivity contribution in [3.63, 3.8) is 0 Å². The second kappa shape index (κ2) is 3.63. The Morgan fingerprint density at radius 2 is 2.19 bits per heavy atom. The first-order chi connectivity index (χ1) is 7.79. The molecular formula is C14H18N2. The Bertz CT molecular complexity index is 512. The fourth-order valence-corrected chi connectivity index (χ4v) is 2.83. The smallest absolute Gasteiger partial charge is 0.0459 e. The number of hydrogen-bond acceptors (Lipinski definition) is 1. The fraction of sp³-hybridized carbons (Fsp3) is 0.429. The van der Waals surface area contributed by atoms with Gasteiger partial charge in [-0.2, -0.15) is 0 Å². The molecule has 1 aliphatic rings. The summed E-state index contributed by atoms with van der Waals surface area (Å²) in [6.45, 7) is 6.77. The maximum atomic E-state index is 3.56. The molecule has 0 unspecified atom stereocenters. The lowest BCUT2D eigenvalue weighted by Gasteiger charge is -2.32. The highest BCUT2D eigenvalue weighted by Gasteiger charge is 2.24. The summed E-state index contributed by atoms with van der Waals surface area (Å²) in [4.78, 5) is 6.08. The van der Waals surface area contributed by atoms with Crippen LogP contribution in [0.15, 0.2) is 24.3 Å². The predicted octanol–water partition coefficient (Wildman–Crippen LogP) is 2.93. The molecule has 0 fully saturated rings. The summed E-state index contributed by atoms with van der Waals surface area (Å²) in [7, 11) is 0. The molecule has 2 nitrogen and oxygen atoms in total. The van der Waals surface area contributed by atoms with Crippen molar-refractivity contribution in [1.29, 1.82) is 0 Å². The molecule has 16 heavy (non-hydrogen) atoms. The Hall–Kier alpha value is -1.28. The first-order valence-corrected chi connectivity index (χ1v) is 6.12. The third kappa shape index (κ3) is 1.37. The Balaban J connectivity index is 2.12. The predicted molar refractivity (Wildman–Crippen MR) is 67.5 cm³/mol. The zero-order chi connectivity index (χ0) is 11.1. The van der Waals surface area contributed by atoms with E-state index in [0.29, 0.717) is 6.04 Å². The average Bonchev–Trinajstić information content (AvgIpc) is 2.66. The van der Waals surface area contributed by atoms with Crippen LogP contribution >= 0.6 is 0 Å². The van der Waals surface area contributed by atoms with Crippen LogP contribution in [0.5, 0.6) is 0 Å². The van der Waals surface area contributed by atoms with E-state index in [9.17, 15) is 0 Å². The maximum Gasteiger partial charge on any atom is 0.0459 e. The van der Waals surface area contributed by atoms with Crippen LogP contribution in [0.25, 0.3) is 10.9 Å². The largest absolute Gasteiger partial charge is 0.357 e. The first kappa shape index (κ1) is 9.91. The van der Waals surface area contributed by atoms with E-state index < -0.39 is 0 Å². The molecule has 1 aromatic carbocycles. The average molecular weight is 214 g/mol. The number of para-hydroxylation sites is 1. The Kier molecular flexibility index (Phi) is 2.25. The molecule has 0 spiro atoms. The molecule has 0 amide bonds. The first-order valence-electron chi connectivity index (χ1n) is 6.12. The number of fused-ring (bicyclic) bond motifs is 3. The number of benzene rings is 1. The van der Waals surface area contributed by atoms with Crippen LogP contribution in [-0.2, 0) is 13.0 Å². The van der Waals surface area contributed by atoms with Gasteiger partial charge in [0.25, 0.3) is 0 Å². The maximum absolute atomic E-state index is 3.56. The zero-order valence-corrected chi connectivity index (χ0v) is 9.96. The summed E-state index contributed by atoms with van der Waals surface area (Å²) < 4.78 is 0. The van der Waals surface area contributed by atoms with Crippen LogP contribution in [0.4, 0.5) is 0 Å². The topological polar surface area (TPSA) is 19.0 Å². The summed E-state index contributed by atoms with van der Waals surface area (Å²) in [5, 5.41) is 1.42.